The molecule has 5 nitrogen and oxygen atoms in total. The van der Waals surface area contributed by atoms with Crippen LogP contribution in [0, 0.1) is 6.92 Å². The largest absolute Gasteiger partial charge is 0.295 e. The molecule has 0 saturated heterocycles. The lowest BCUT2D eigenvalue weighted by Crippen LogP contribution is -2.14. The van der Waals surface area contributed by atoms with Crippen LogP contribution in [0.4, 0.5) is 0 Å². The molecule has 0 saturated carbocycles. The van der Waals surface area contributed by atoms with E-state index in [-0.39, 0.29) is 22.6 Å². The predicted octanol–water partition coefficient (Wildman–Crippen LogP) is 6.71. The summed E-state index contributed by atoms with van der Waals surface area (Å²) in [6.07, 6.45) is 3.24. The van der Waals surface area contributed by atoms with Gasteiger partial charge in [-0.25, -0.2) is 9.97 Å². The Labute approximate surface area is 197 Å². The Bertz CT molecular complexity index is 1360. The molecule has 1 aliphatic rings. The predicted molar refractivity (Wildman–Crippen MR) is 134 cm³/mol. The van der Waals surface area contributed by atoms with Crippen LogP contribution in [0.5, 0.6) is 0 Å². The van der Waals surface area contributed by atoms with Gasteiger partial charge < -0.3 is 0 Å². The molecule has 2 aromatic carbocycles. The Morgan fingerprint density at radius 2 is 1.45 bits per heavy atom. The highest BCUT2D eigenvalue weighted by Gasteiger charge is 2.31. The number of fused-ring (bicyclic) bond motifs is 2. The van der Waals surface area contributed by atoms with Crippen molar-refractivity contribution in [3.8, 4) is 11.3 Å². The van der Waals surface area contributed by atoms with Crippen molar-refractivity contribution in [2.75, 3.05) is 0 Å². The Balaban J connectivity index is 2.24. The zero-order valence-electron chi connectivity index (χ0n) is 20.7. The first-order valence-electron chi connectivity index (χ1n) is 11.9. The van der Waals surface area contributed by atoms with Gasteiger partial charge in [0.1, 0.15) is 10.7 Å². The van der Waals surface area contributed by atoms with Crippen molar-refractivity contribution >= 4 is 21.0 Å². The number of nitrogens with zero attached hydrogens (tertiary/aromatic N) is 2. The van der Waals surface area contributed by atoms with Crippen molar-refractivity contribution in [3.63, 3.8) is 0 Å². The third kappa shape index (κ3) is 4.19. The summed E-state index contributed by atoms with van der Waals surface area (Å²) < 4.78 is 35.9. The minimum absolute atomic E-state index is 0.0393. The van der Waals surface area contributed by atoms with Crippen LogP contribution in [0.1, 0.15) is 99.4 Å². The van der Waals surface area contributed by atoms with Gasteiger partial charge in [0.25, 0.3) is 10.1 Å². The van der Waals surface area contributed by atoms with Gasteiger partial charge in [0.05, 0.1) is 11.2 Å². The molecule has 33 heavy (non-hydrogen) atoms. The molecule has 3 aromatic rings. The quantitative estimate of drug-likeness (QED) is 0.423. The molecule has 0 spiro atoms. The molecule has 4 rings (SSSR count). The highest BCUT2D eigenvalue weighted by molar-refractivity contribution is 7.86. The van der Waals surface area contributed by atoms with Gasteiger partial charge >= 0.3 is 0 Å². The first-order chi connectivity index (χ1) is 15.4. The summed E-state index contributed by atoms with van der Waals surface area (Å²) >= 11 is 0. The normalized spacial score (nSPS) is 14.2. The van der Waals surface area contributed by atoms with E-state index >= 15 is 0 Å². The molecular weight excluding hydrogens is 432 g/mol. The first-order valence-corrected chi connectivity index (χ1v) is 13.3. The fraction of sp³-hybridized carbons (Fsp3) is 0.481. The summed E-state index contributed by atoms with van der Waals surface area (Å²) in [5, 5.41) is 0.948. The average Bonchev–Trinajstić information content (AvgIpc) is 3.16. The second kappa shape index (κ2) is 8.48. The smallest absolute Gasteiger partial charge is 0.282 e. The topological polar surface area (TPSA) is 80.2 Å². The molecule has 0 radical (unpaired) electrons. The van der Waals surface area contributed by atoms with E-state index in [1.165, 1.54) is 11.1 Å². The number of aromatic nitrogens is 2. The molecular formula is C27H34N2O3S. The monoisotopic (exact) mass is 466 g/mol. The highest BCUT2D eigenvalue weighted by atomic mass is 32.2. The standard InChI is InChI=1S/C27H34N2O3S/c1-14(2)20-13-21(15(3)4)27(33(30,31)32)24(16(5)6)25(20)26-22-11-18-9-8-10-19(18)12-23(22)28-17(7)29-26/h11-16H,8-10H2,1-7H3,(H,30,31,32). The lowest BCUT2D eigenvalue weighted by Gasteiger charge is -2.26. The van der Waals surface area contributed by atoms with Gasteiger partial charge in [0.2, 0.25) is 0 Å². The van der Waals surface area contributed by atoms with Gasteiger partial charge in [-0.05, 0) is 83.9 Å². The van der Waals surface area contributed by atoms with E-state index in [0.717, 1.165) is 47.0 Å². The van der Waals surface area contributed by atoms with Crippen LogP contribution in [0.3, 0.4) is 0 Å². The van der Waals surface area contributed by atoms with E-state index in [2.05, 4.69) is 26.0 Å². The van der Waals surface area contributed by atoms with E-state index in [9.17, 15) is 13.0 Å². The number of rotatable bonds is 5. The third-order valence-corrected chi connectivity index (χ3v) is 7.68. The molecule has 1 aliphatic carbocycles. The molecule has 1 N–H and O–H groups in total. The summed E-state index contributed by atoms with van der Waals surface area (Å²) in [7, 11) is -4.44. The SMILES string of the molecule is Cc1nc(-c2c(C(C)C)cc(C(C)C)c(S(=O)(=O)O)c2C(C)C)c2cc3c(cc2n1)CCC3. The maximum Gasteiger partial charge on any atom is 0.295 e. The van der Waals surface area contributed by atoms with E-state index in [1.54, 1.807) is 0 Å². The number of hydrogen-bond donors (Lipinski definition) is 1. The maximum atomic E-state index is 12.8. The van der Waals surface area contributed by atoms with Crippen molar-refractivity contribution in [2.24, 2.45) is 0 Å². The minimum Gasteiger partial charge on any atom is -0.282 e. The van der Waals surface area contributed by atoms with Gasteiger partial charge in [-0.1, -0.05) is 47.6 Å². The Kier molecular flexibility index (Phi) is 6.12. The summed E-state index contributed by atoms with van der Waals surface area (Å²) in [4.78, 5) is 9.66. The average molecular weight is 467 g/mol. The Hall–Kier alpha value is -2.31. The number of hydrogen-bond acceptors (Lipinski definition) is 4. The fourth-order valence-corrected chi connectivity index (χ4v) is 6.43. The van der Waals surface area contributed by atoms with Gasteiger partial charge in [-0.3, -0.25) is 4.55 Å². The zero-order valence-corrected chi connectivity index (χ0v) is 21.5. The molecule has 176 valence electrons. The molecule has 1 aromatic heterocycles. The molecule has 1 heterocycles. The maximum absolute atomic E-state index is 12.8. The van der Waals surface area contributed by atoms with E-state index < -0.39 is 10.1 Å². The summed E-state index contributed by atoms with van der Waals surface area (Å²) in [5.74, 6) is 0.609. The van der Waals surface area contributed by atoms with Crippen molar-refractivity contribution in [1.82, 2.24) is 9.97 Å². The van der Waals surface area contributed by atoms with Crippen molar-refractivity contribution < 1.29 is 13.0 Å². The lowest BCUT2D eigenvalue weighted by atomic mass is 9.82. The van der Waals surface area contributed by atoms with Crippen molar-refractivity contribution in [1.29, 1.82) is 0 Å². The first kappa shape index (κ1) is 23.8. The lowest BCUT2D eigenvalue weighted by molar-refractivity contribution is 0.479. The van der Waals surface area contributed by atoms with Gasteiger partial charge in [-0.2, -0.15) is 8.42 Å². The van der Waals surface area contributed by atoms with Crippen LogP contribution in [0.15, 0.2) is 23.1 Å². The Morgan fingerprint density at radius 3 is 2.00 bits per heavy atom. The summed E-state index contributed by atoms with van der Waals surface area (Å²) in [5.41, 5.74) is 7.50. The van der Waals surface area contributed by atoms with Gasteiger partial charge in [0, 0.05) is 10.9 Å². The van der Waals surface area contributed by atoms with Gasteiger partial charge in [-0.15, -0.1) is 0 Å². The van der Waals surface area contributed by atoms with Crippen LogP contribution in [0.2, 0.25) is 0 Å². The van der Waals surface area contributed by atoms with Crippen LogP contribution in [-0.4, -0.2) is 22.9 Å². The van der Waals surface area contributed by atoms with E-state index in [4.69, 9.17) is 9.97 Å². The van der Waals surface area contributed by atoms with Crippen molar-refractivity contribution in [2.45, 2.75) is 90.4 Å². The second-order valence-corrected chi connectivity index (χ2v) is 11.6. The summed E-state index contributed by atoms with van der Waals surface area (Å²) in [6.45, 7) is 14.0. The third-order valence-electron chi connectivity index (χ3n) is 6.71. The van der Waals surface area contributed by atoms with Gasteiger partial charge in [0.15, 0.2) is 0 Å². The molecule has 0 amide bonds. The molecule has 0 fully saturated rings. The van der Waals surface area contributed by atoms with Crippen LogP contribution in [-0.2, 0) is 23.0 Å². The highest BCUT2D eigenvalue weighted by Crippen LogP contribution is 2.45. The molecule has 0 atom stereocenters. The minimum atomic E-state index is -4.44. The fourth-order valence-electron chi connectivity index (χ4n) is 5.22. The molecule has 6 heteroatoms. The Morgan fingerprint density at radius 1 is 0.848 bits per heavy atom. The van der Waals surface area contributed by atoms with Crippen LogP contribution >= 0.6 is 0 Å². The van der Waals surface area contributed by atoms with Crippen LogP contribution < -0.4 is 0 Å². The molecule has 0 unspecified atom stereocenters. The van der Waals surface area contributed by atoms with E-state index in [0.29, 0.717) is 17.0 Å². The summed E-state index contributed by atoms with van der Waals surface area (Å²) in [6, 6.07) is 6.34. The molecule has 0 bridgehead atoms. The second-order valence-electron chi connectivity index (χ2n) is 10.2. The van der Waals surface area contributed by atoms with Crippen molar-refractivity contribution in [3.05, 3.63) is 51.8 Å². The van der Waals surface area contributed by atoms with E-state index in [1.807, 2.05) is 40.7 Å². The zero-order chi connectivity index (χ0) is 24.2. The van der Waals surface area contributed by atoms with Crippen LogP contribution in [0.25, 0.3) is 22.2 Å². The number of benzene rings is 2. The number of aryl methyl sites for hydroxylation is 3. The molecule has 0 aliphatic heterocycles.